The van der Waals surface area contributed by atoms with Crippen LogP contribution in [-0.4, -0.2) is 20.9 Å². The molecule has 0 radical (unpaired) electrons. The van der Waals surface area contributed by atoms with Gasteiger partial charge >= 0.3 is 0 Å². The third-order valence-corrected chi connectivity index (χ3v) is 3.55. The highest BCUT2D eigenvalue weighted by Gasteiger charge is 2.14. The summed E-state index contributed by atoms with van der Waals surface area (Å²) in [7, 11) is 0. The maximum Gasteiger partial charge on any atom is 0.187 e. The Morgan fingerprint density at radius 2 is 2.18 bits per heavy atom. The molecule has 0 amide bonds. The monoisotopic (exact) mass is 357 g/mol. The van der Waals surface area contributed by atoms with Crippen LogP contribution in [0.25, 0.3) is 0 Å². The minimum atomic E-state index is -0.104. The molecule has 0 aliphatic carbocycles. The predicted molar refractivity (Wildman–Crippen MR) is 91.4 cm³/mol. The van der Waals surface area contributed by atoms with Gasteiger partial charge in [-0.05, 0) is 43.4 Å². The molecule has 0 bridgehead atoms. The summed E-state index contributed by atoms with van der Waals surface area (Å²) < 4.78 is 5.25. The number of rotatable bonds is 4. The maximum atomic E-state index is 10.0. The molecule has 5 nitrogen and oxygen atoms in total. The zero-order valence-electron chi connectivity index (χ0n) is 11.6. The molecule has 2 aromatic rings. The lowest BCUT2D eigenvalue weighted by Gasteiger charge is -2.17. The first-order chi connectivity index (χ1) is 10.4. The van der Waals surface area contributed by atoms with Gasteiger partial charge in [-0.3, -0.25) is 0 Å². The number of phenolic OH excluding ortho intramolecular Hbond substituents is 1. The minimum Gasteiger partial charge on any atom is -0.506 e. The molecule has 8 heteroatoms. The molecular weight excluding hydrogens is 345 g/mol. The number of nitrogens with zero attached hydrogens (tertiary/aromatic N) is 2. The van der Waals surface area contributed by atoms with E-state index in [-0.39, 0.29) is 22.4 Å². The highest BCUT2D eigenvalue weighted by molar-refractivity contribution is 7.80. The molecule has 0 fully saturated rings. The zero-order valence-corrected chi connectivity index (χ0v) is 13.9. The third kappa shape index (κ3) is 3.91. The smallest absolute Gasteiger partial charge is 0.187 e. The molecule has 1 aromatic carbocycles. The summed E-state index contributed by atoms with van der Waals surface area (Å²) in [6.45, 7) is 1.96. The highest BCUT2D eigenvalue weighted by atomic mass is 35.5. The molecule has 0 atom stereocenters. The van der Waals surface area contributed by atoms with E-state index in [1.165, 1.54) is 11.1 Å². The lowest BCUT2D eigenvalue weighted by atomic mass is 10.1. The van der Waals surface area contributed by atoms with Crippen molar-refractivity contribution in [1.82, 2.24) is 5.01 Å². The van der Waals surface area contributed by atoms with E-state index in [1.807, 2.05) is 0 Å². The SMILES string of the molecule is C/C(=N/N(Cc1ccco1)C(N)=S)c1cc(Cl)cc(Cl)c1O. The van der Waals surface area contributed by atoms with Gasteiger partial charge in [0.05, 0.1) is 17.0 Å². The van der Waals surface area contributed by atoms with Gasteiger partial charge in [-0.1, -0.05) is 23.2 Å². The largest absolute Gasteiger partial charge is 0.506 e. The second-order valence-corrected chi connectivity index (χ2v) is 5.71. The number of thiocarbonyl (C=S) groups is 1. The number of hydrazone groups is 1. The van der Waals surface area contributed by atoms with Crippen molar-refractivity contribution in [3.63, 3.8) is 0 Å². The number of hydrogen-bond acceptors (Lipinski definition) is 4. The quantitative estimate of drug-likeness (QED) is 0.495. The first-order valence-electron chi connectivity index (χ1n) is 6.21. The average Bonchev–Trinajstić information content (AvgIpc) is 2.94. The van der Waals surface area contributed by atoms with Crippen LogP contribution in [0.5, 0.6) is 5.75 Å². The molecule has 3 N–H and O–H groups in total. The molecule has 22 heavy (non-hydrogen) atoms. The number of furan rings is 1. The van der Waals surface area contributed by atoms with Gasteiger partial charge in [0.2, 0.25) is 0 Å². The van der Waals surface area contributed by atoms with Crippen LogP contribution in [0, 0.1) is 0 Å². The highest BCUT2D eigenvalue weighted by Crippen LogP contribution is 2.31. The van der Waals surface area contributed by atoms with Gasteiger partial charge in [0, 0.05) is 10.6 Å². The standard InChI is InChI=1S/C14H13Cl2N3O2S/c1-8(11-5-9(15)6-12(16)13(11)20)18-19(14(17)22)7-10-3-2-4-21-10/h2-6,20H,7H2,1H3,(H2,17,22)/b18-8-. The van der Waals surface area contributed by atoms with Crippen molar-refractivity contribution in [2.24, 2.45) is 10.8 Å². The van der Waals surface area contributed by atoms with E-state index in [2.05, 4.69) is 5.10 Å². The van der Waals surface area contributed by atoms with Gasteiger partial charge in [-0.25, -0.2) is 5.01 Å². The topological polar surface area (TPSA) is 75.0 Å². The third-order valence-electron chi connectivity index (χ3n) is 2.83. The van der Waals surface area contributed by atoms with Crippen molar-refractivity contribution in [2.45, 2.75) is 13.5 Å². The van der Waals surface area contributed by atoms with Crippen molar-refractivity contribution in [3.8, 4) is 5.75 Å². The van der Waals surface area contributed by atoms with E-state index >= 15 is 0 Å². The van der Waals surface area contributed by atoms with Crippen LogP contribution in [0.1, 0.15) is 18.2 Å². The van der Waals surface area contributed by atoms with Gasteiger partial charge in [0.1, 0.15) is 18.1 Å². The number of benzene rings is 1. The summed E-state index contributed by atoms with van der Waals surface area (Å²) in [6.07, 6.45) is 1.55. The summed E-state index contributed by atoms with van der Waals surface area (Å²) in [5, 5.41) is 16.3. The Morgan fingerprint density at radius 3 is 2.77 bits per heavy atom. The fourth-order valence-electron chi connectivity index (χ4n) is 1.79. The van der Waals surface area contributed by atoms with E-state index in [1.54, 1.807) is 31.4 Å². The average molecular weight is 358 g/mol. The number of hydrogen-bond donors (Lipinski definition) is 2. The first kappa shape index (κ1) is 16.6. The van der Waals surface area contributed by atoms with Gasteiger partial charge in [-0.2, -0.15) is 5.10 Å². The van der Waals surface area contributed by atoms with Gasteiger partial charge < -0.3 is 15.3 Å². The van der Waals surface area contributed by atoms with Gasteiger partial charge in [0.15, 0.2) is 5.11 Å². The number of phenols is 1. The van der Waals surface area contributed by atoms with Crippen LogP contribution in [0.2, 0.25) is 10.0 Å². The van der Waals surface area contributed by atoms with Crippen molar-refractivity contribution in [3.05, 3.63) is 51.9 Å². The molecule has 0 saturated carbocycles. The van der Waals surface area contributed by atoms with Crippen LogP contribution in [0.3, 0.4) is 0 Å². The van der Waals surface area contributed by atoms with Crippen molar-refractivity contribution >= 4 is 46.2 Å². The Labute approximate surface area is 142 Å². The number of aromatic hydroxyl groups is 1. The maximum absolute atomic E-state index is 10.0. The number of halogens is 2. The van der Waals surface area contributed by atoms with E-state index in [0.29, 0.717) is 22.1 Å². The van der Waals surface area contributed by atoms with Gasteiger partial charge in [-0.15, -0.1) is 0 Å². The lowest BCUT2D eigenvalue weighted by molar-refractivity contribution is 0.378. The zero-order chi connectivity index (χ0) is 16.3. The van der Waals surface area contributed by atoms with Crippen molar-refractivity contribution < 1.29 is 9.52 Å². The Bertz CT molecular complexity index is 717. The molecule has 0 spiro atoms. The predicted octanol–water partition coefficient (Wildman–Crippen LogP) is 3.76. The first-order valence-corrected chi connectivity index (χ1v) is 7.38. The fourth-order valence-corrected chi connectivity index (χ4v) is 2.39. The fraction of sp³-hybridized carbons (Fsp3) is 0.143. The van der Waals surface area contributed by atoms with Crippen LogP contribution in [-0.2, 0) is 6.54 Å². The second kappa shape index (κ2) is 7.00. The summed E-state index contributed by atoms with van der Waals surface area (Å²) in [5.41, 5.74) is 6.53. The Kier molecular flexibility index (Phi) is 5.28. The summed E-state index contributed by atoms with van der Waals surface area (Å²) in [4.78, 5) is 0. The Morgan fingerprint density at radius 1 is 1.45 bits per heavy atom. The van der Waals surface area contributed by atoms with Crippen LogP contribution >= 0.6 is 35.4 Å². The van der Waals surface area contributed by atoms with Crippen molar-refractivity contribution in [2.75, 3.05) is 0 Å². The Balaban J connectivity index is 2.34. The second-order valence-electron chi connectivity index (χ2n) is 4.44. The van der Waals surface area contributed by atoms with Crippen LogP contribution in [0.4, 0.5) is 0 Å². The Hall–Kier alpha value is -1.76. The van der Waals surface area contributed by atoms with E-state index in [9.17, 15) is 5.11 Å². The number of nitrogens with two attached hydrogens (primary N) is 1. The lowest BCUT2D eigenvalue weighted by Crippen LogP contribution is -2.31. The summed E-state index contributed by atoms with van der Waals surface area (Å²) >= 11 is 16.8. The van der Waals surface area contributed by atoms with E-state index in [4.69, 9.17) is 45.6 Å². The van der Waals surface area contributed by atoms with Crippen LogP contribution in [0.15, 0.2) is 40.0 Å². The van der Waals surface area contributed by atoms with Crippen molar-refractivity contribution in [1.29, 1.82) is 0 Å². The van der Waals surface area contributed by atoms with Gasteiger partial charge in [0.25, 0.3) is 0 Å². The molecule has 0 saturated heterocycles. The molecule has 0 aliphatic heterocycles. The molecule has 0 aliphatic rings. The molecular formula is C14H13Cl2N3O2S. The molecule has 1 aromatic heterocycles. The molecule has 116 valence electrons. The normalized spacial score (nSPS) is 11.5. The molecule has 2 rings (SSSR count). The summed E-state index contributed by atoms with van der Waals surface area (Å²) in [5.74, 6) is 0.547. The molecule has 1 heterocycles. The minimum absolute atomic E-state index is 0.0726. The van der Waals surface area contributed by atoms with E-state index < -0.39 is 0 Å². The molecule has 0 unspecified atom stereocenters. The van der Waals surface area contributed by atoms with Crippen LogP contribution < -0.4 is 5.73 Å². The van der Waals surface area contributed by atoms with E-state index in [0.717, 1.165) is 0 Å². The summed E-state index contributed by atoms with van der Waals surface area (Å²) in [6, 6.07) is 6.55.